The van der Waals surface area contributed by atoms with Crippen LogP contribution in [-0.2, 0) is 0 Å². The first kappa shape index (κ1) is 37.7. The maximum atomic E-state index is 2.62. The van der Waals surface area contributed by atoms with E-state index in [0.717, 1.165) is 23.8 Å². The average Bonchev–Trinajstić information content (AvgIpc) is 3.10. The zero-order valence-electron chi connectivity index (χ0n) is 24.5. The Kier molecular flexibility index (Phi) is 20.8. The summed E-state index contributed by atoms with van der Waals surface area (Å²) in [6.07, 6.45) is 15.5. The molecule has 0 radical (unpaired) electrons. The minimum atomic E-state index is 0. The van der Waals surface area contributed by atoms with Gasteiger partial charge in [-0.05, 0) is 33.5 Å². The largest absolute Gasteiger partial charge is 1.00 e. The van der Waals surface area contributed by atoms with Crippen LogP contribution in [0.2, 0.25) is 0 Å². The fraction of sp³-hybridized carbons (Fsp3) is 0.857. The zero-order valence-corrected chi connectivity index (χ0v) is 47.1. The normalized spacial score (nSPS) is 32.6. The van der Waals surface area contributed by atoms with Gasteiger partial charge in [-0.2, -0.15) is 65.7 Å². The molecule has 4 fully saturated rings. The first-order chi connectivity index (χ1) is 14.3. The molecular weight excluding hydrogens is 1070 g/mol. The van der Waals surface area contributed by atoms with Crippen molar-refractivity contribution in [1.82, 2.24) is 9.80 Å². The number of rotatable bonds is 0. The van der Waals surface area contributed by atoms with E-state index in [-0.39, 0.29) is 116 Å². The molecule has 2 saturated heterocycles. The van der Waals surface area contributed by atoms with Gasteiger partial charge >= 0.3 is 116 Å². The smallest absolute Gasteiger partial charge is 0.335 e. The van der Waals surface area contributed by atoms with Crippen LogP contribution < -0.4 is 116 Å². The zero-order chi connectivity index (χ0) is 21.7. The van der Waals surface area contributed by atoms with Crippen molar-refractivity contribution in [3.05, 3.63) is 23.7 Å². The van der Waals surface area contributed by atoms with Gasteiger partial charge in [0.15, 0.2) is 0 Å². The first-order valence-corrected chi connectivity index (χ1v) is 13.0. The van der Waals surface area contributed by atoms with Gasteiger partial charge in [0.25, 0.3) is 0 Å². The van der Waals surface area contributed by atoms with Crippen molar-refractivity contribution in [3.8, 4) is 0 Å². The van der Waals surface area contributed by atoms with Crippen molar-refractivity contribution < 1.29 is 116 Å². The second kappa shape index (κ2) is 18.7. The molecule has 4 atom stereocenters. The molecule has 0 N–H and O–H groups in total. The summed E-state index contributed by atoms with van der Waals surface area (Å²) in [5.41, 5.74) is 0. The van der Waals surface area contributed by atoms with E-state index in [4.69, 9.17) is 0 Å². The summed E-state index contributed by atoms with van der Waals surface area (Å²) < 4.78 is 0. The van der Waals surface area contributed by atoms with Crippen molar-refractivity contribution in [2.24, 2.45) is 17.8 Å². The van der Waals surface area contributed by atoms with Crippen LogP contribution in [0.1, 0.15) is 98.3 Å². The fourth-order valence-corrected chi connectivity index (χ4v) is 6.86. The second-order valence-corrected chi connectivity index (χ2v) is 11.6. The van der Waals surface area contributed by atoms with Crippen molar-refractivity contribution in [3.63, 3.8) is 0 Å². The van der Waals surface area contributed by atoms with Crippen molar-refractivity contribution in [1.29, 1.82) is 0 Å². The van der Waals surface area contributed by atoms with E-state index in [1.165, 1.54) is 90.3 Å². The third-order valence-electron chi connectivity index (χ3n) is 8.71. The Bertz CT molecular complexity index is 505. The molecule has 34 heavy (non-hydrogen) atoms. The number of nitrogens with zero attached hydrogens (tertiary/aromatic N) is 2. The van der Waals surface area contributed by atoms with E-state index < -0.39 is 0 Å². The Morgan fingerprint density at radius 3 is 1.97 bits per heavy atom. The Hall–Kier alpha value is 1.53. The molecular formula is C28H50N2Rb2Rf2-2. The van der Waals surface area contributed by atoms with Gasteiger partial charge in [0.05, 0.1) is 0 Å². The summed E-state index contributed by atoms with van der Waals surface area (Å²) in [6.45, 7) is 13.2. The molecule has 2 heterocycles. The van der Waals surface area contributed by atoms with E-state index in [9.17, 15) is 0 Å². The Morgan fingerprint density at radius 2 is 1.26 bits per heavy atom. The van der Waals surface area contributed by atoms with Gasteiger partial charge in [0, 0.05) is 6.04 Å². The van der Waals surface area contributed by atoms with Gasteiger partial charge in [-0.1, -0.05) is 31.1 Å². The molecule has 0 bridgehead atoms. The van der Waals surface area contributed by atoms with Gasteiger partial charge in [-0.3, -0.25) is 5.92 Å². The molecule has 2 saturated carbocycles. The molecule has 4 aliphatic rings. The Labute approximate surface area is 300 Å². The summed E-state index contributed by atoms with van der Waals surface area (Å²) in [5, 5.41) is 0. The Balaban J connectivity index is 0. The van der Waals surface area contributed by atoms with Gasteiger partial charge in [-0.25, -0.2) is 0 Å². The third-order valence-corrected chi connectivity index (χ3v) is 8.71. The summed E-state index contributed by atoms with van der Waals surface area (Å²) in [6, 6.07) is 0.861. The van der Waals surface area contributed by atoms with Crippen LogP contribution in [-0.4, -0.2) is 49.6 Å². The van der Waals surface area contributed by atoms with E-state index in [2.05, 4.69) is 51.6 Å². The van der Waals surface area contributed by atoms with E-state index in [1.807, 2.05) is 0 Å². The molecule has 4 rings (SSSR count). The molecule has 0 aromatic carbocycles. The van der Waals surface area contributed by atoms with Crippen LogP contribution in [0.5, 0.6) is 0 Å². The predicted molar refractivity (Wildman–Crippen MR) is 131 cm³/mol. The van der Waals surface area contributed by atoms with E-state index >= 15 is 0 Å². The number of hydrogen-bond donors (Lipinski definition) is 0. The topological polar surface area (TPSA) is 6.48 Å². The summed E-state index contributed by atoms with van der Waals surface area (Å²) >= 11 is 0. The minimum absolute atomic E-state index is 0. The first-order valence-electron chi connectivity index (χ1n) is 13.0. The van der Waals surface area contributed by atoms with E-state index in [1.54, 1.807) is 23.7 Å². The number of hydrogen-bond acceptors (Lipinski definition) is 2. The van der Waals surface area contributed by atoms with Gasteiger partial charge in [-0.15, -0.1) is 19.5 Å². The summed E-state index contributed by atoms with van der Waals surface area (Å²) in [5.74, 6) is 9.76. The van der Waals surface area contributed by atoms with Crippen molar-refractivity contribution in [2.45, 2.75) is 104 Å². The number of fused-ring (bicyclic) bond motifs is 2. The maximum Gasteiger partial charge on any atom is 1.00 e. The average molecular weight is 1120 g/mol. The van der Waals surface area contributed by atoms with Crippen LogP contribution in [0.25, 0.3) is 0 Å². The third kappa shape index (κ3) is 11.5. The summed E-state index contributed by atoms with van der Waals surface area (Å²) in [4.78, 5) is 5.12. The molecule has 6 heteroatoms. The molecule has 2 aliphatic carbocycles. The van der Waals surface area contributed by atoms with Crippen LogP contribution in [0, 0.1) is 41.4 Å². The standard InChI is InChI=1S/2C14H25N.2Rb.2Rf/c1-11-4-6-13-8-9-15(3)10-12(2)14(13)7-5-11;1-11-5-4-6-14-13(9-11)8-7-12(2)10-15(14)3;;;;/h2*13-14H,4-10H2,1-3H3;;;;/q2*-2;2*+1;;. The van der Waals surface area contributed by atoms with Crippen LogP contribution in [0.4, 0.5) is 0 Å². The Morgan fingerprint density at radius 1 is 0.647 bits per heavy atom. The van der Waals surface area contributed by atoms with Gasteiger partial charge in [0.2, 0.25) is 0 Å². The quantitative estimate of drug-likeness (QED) is 0.332. The molecule has 0 aromatic rings. The van der Waals surface area contributed by atoms with Crippen molar-refractivity contribution >= 4 is 0 Å². The van der Waals surface area contributed by atoms with E-state index in [0.29, 0.717) is 0 Å². The number of likely N-dealkylation sites (tertiary alicyclic amines) is 2. The van der Waals surface area contributed by atoms with Crippen LogP contribution in [0.15, 0.2) is 0 Å². The SMILES string of the molecule is C[C-]1CCC2CCN(C)C[C-](C)C2CC1.C[C-]1CCCC2C(CC[C-](C)CN2C)C1.[Rb+].[Rb+].[Rf].[Rf]. The van der Waals surface area contributed by atoms with Crippen LogP contribution in [0.3, 0.4) is 0 Å². The molecule has 4 unspecified atom stereocenters. The predicted octanol–water partition coefficient (Wildman–Crippen LogP) is 0.785. The molecule has 0 amide bonds. The second-order valence-electron chi connectivity index (χ2n) is 11.6. The molecule has 0 spiro atoms. The molecule has 2 nitrogen and oxygen atoms in total. The molecule has 180 valence electrons. The van der Waals surface area contributed by atoms with Gasteiger partial charge in [0.1, 0.15) is 0 Å². The maximum absolute atomic E-state index is 2.62. The summed E-state index contributed by atoms with van der Waals surface area (Å²) in [7, 11) is 4.60. The molecule has 0 aromatic heterocycles. The van der Waals surface area contributed by atoms with Crippen molar-refractivity contribution in [2.75, 3.05) is 33.7 Å². The molecule has 2 aliphatic heterocycles. The minimum Gasteiger partial charge on any atom is -0.335 e. The monoisotopic (exact) mass is 1120 g/mol. The van der Waals surface area contributed by atoms with Crippen LogP contribution >= 0.6 is 0 Å². The van der Waals surface area contributed by atoms with Gasteiger partial charge < -0.3 is 27.6 Å². The fourth-order valence-electron chi connectivity index (χ4n) is 6.86.